The zero-order valence-corrected chi connectivity index (χ0v) is 19.6. The SMILES string of the molecule is CCN(C(=O)C(Cc1ccc(NS(=O)(=O)O)cc1)NC(=O)OC(C)(C)C)N1CCOCC1. The summed E-state index contributed by atoms with van der Waals surface area (Å²) in [5.41, 5.74) is 0.121. The first-order valence-corrected chi connectivity index (χ1v) is 11.8. The van der Waals surface area contributed by atoms with Crippen LogP contribution in [-0.4, -0.2) is 79.5 Å². The van der Waals surface area contributed by atoms with Crippen molar-refractivity contribution in [3.63, 3.8) is 0 Å². The molecule has 0 aliphatic carbocycles. The standard InChI is InChI=1S/C20H32N4O7S/c1-5-24(23-10-12-30-13-11-23)18(25)17(21-19(26)31-20(2,3)4)14-15-6-8-16(9-7-15)22-32(27,28)29/h6-9,17,22H,5,10-14H2,1-4H3,(H,21,26)(H,27,28,29). The number of anilines is 1. The summed E-state index contributed by atoms with van der Waals surface area (Å²) in [5, 5.41) is 6.16. The van der Waals surface area contributed by atoms with Crippen molar-refractivity contribution in [3.8, 4) is 0 Å². The highest BCUT2D eigenvalue weighted by molar-refractivity contribution is 7.87. The van der Waals surface area contributed by atoms with Crippen LogP contribution in [0.3, 0.4) is 0 Å². The van der Waals surface area contributed by atoms with E-state index in [2.05, 4.69) is 5.32 Å². The van der Waals surface area contributed by atoms with Crippen molar-refractivity contribution in [2.24, 2.45) is 0 Å². The number of ether oxygens (including phenoxy) is 2. The summed E-state index contributed by atoms with van der Waals surface area (Å²) in [6.07, 6.45) is -0.552. The van der Waals surface area contributed by atoms with E-state index in [-0.39, 0.29) is 18.0 Å². The lowest BCUT2D eigenvalue weighted by Crippen LogP contribution is -2.58. The quantitative estimate of drug-likeness (QED) is 0.483. The Morgan fingerprint density at radius 2 is 1.81 bits per heavy atom. The fourth-order valence-electron chi connectivity index (χ4n) is 3.21. The third-order valence-corrected chi connectivity index (χ3v) is 5.01. The molecule has 0 spiro atoms. The van der Waals surface area contributed by atoms with Gasteiger partial charge in [-0.25, -0.2) is 9.80 Å². The van der Waals surface area contributed by atoms with Crippen molar-refractivity contribution in [1.82, 2.24) is 15.3 Å². The maximum Gasteiger partial charge on any atom is 0.408 e. The average Bonchev–Trinajstić information content (AvgIpc) is 2.67. The van der Waals surface area contributed by atoms with Crippen molar-refractivity contribution < 1.29 is 32.0 Å². The van der Waals surface area contributed by atoms with Gasteiger partial charge < -0.3 is 14.8 Å². The maximum absolute atomic E-state index is 13.4. The number of carbonyl (C=O) groups excluding carboxylic acids is 2. The van der Waals surface area contributed by atoms with Crippen LogP contribution in [0, 0.1) is 0 Å². The maximum atomic E-state index is 13.4. The number of hydrogen-bond donors (Lipinski definition) is 3. The molecule has 1 fully saturated rings. The summed E-state index contributed by atoms with van der Waals surface area (Å²) < 4.78 is 43.5. The van der Waals surface area contributed by atoms with Gasteiger partial charge in [-0.05, 0) is 45.4 Å². The molecule has 3 N–H and O–H groups in total. The molecule has 0 radical (unpaired) electrons. The molecule has 2 rings (SSSR count). The number of alkyl carbamates (subject to hydrolysis) is 1. The largest absolute Gasteiger partial charge is 0.444 e. The molecule has 1 aromatic carbocycles. The Kier molecular flexibility index (Phi) is 8.84. The lowest BCUT2D eigenvalue weighted by molar-refractivity contribution is -0.158. The van der Waals surface area contributed by atoms with E-state index in [0.717, 1.165) is 0 Å². The molecule has 1 aliphatic rings. The third kappa shape index (κ3) is 8.61. The Morgan fingerprint density at radius 1 is 1.22 bits per heavy atom. The lowest BCUT2D eigenvalue weighted by atomic mass is 10.0. The topological polar surface area (TPSA) is 138 Å². The first kappa shape index (κ1) is 25.8. The van der Waals surface area contributed by atoms with Gasteiger partial charge in [0.1, 0.15) is 11.6 Å². The predicted octanol–water partition coefficient (Wildman–Crippen LogP) is 1.43. The minimum Gasteiger partial charge on any atom is -0.444 e. The van der Waals surface area contributed by atoms with Crippen molar-refractivity contribution >= 4 is 28.0 Å². The molecule has 1 aromatic rings. The van der Waals surface area contributed by atoms with Gasteiger partial charge in [-0.2, -0.15) is 8.42 Å². The zero-order chi connectivity index (χ0) is 23.9. The predicted molar refractivity (Wildman–Crippen MR) is 118 cm³/mol. The van der Waals surface area contributed by atoms with Crippen LogP contribution in [0.4, 0.5) is 10.5 Å². The normalized spacial score (nSPS) is 16.2. The second-order valence-electron chi connectivity index (χ2n) is 8.30. The second kappa shape index (κ2) is 10.9. The molecule has 1 saturated heterocycles. The third-order valence-electron chi connectivity index (χ3n) is 4.51. The van der Waals surface area contributed by atoms with Crippen LogP contribution >= 0.6 is 0 Å². The molecule has 1 unspecified atom stereocenters. The molecule has 1 aliphatic heterocycles. The number of nitrogens with zero attached hydrogens (tertiary/aromatic N) is 2. The van der Waals surface area contributed by atoms with E-state index in [1.165, 1.54) is 12.1 Å². The van der Waals surface area contributed by atoms with E-state index < -0.39 is 28.0 Å². The van der Waals surface area contributed by atoms with E-state index in [1.807, 2.05) is 16.7 Å². The van der Waals surface area contributed by atoms with E-state index >= 15 is 0 Å². The minimum atomic E-state index is -4.39. The van der Waals surface area contributed by atoms with Gasteiger partial charge in [-0.3, -0.25) is 19.1 Å². The summed E-state index contributed by atoms with van der Waals surface area (Å²) in [6.45, 7) is 9.62. The molecule has 1 atom stereocenters. The zero-order valence-electron chi connectivity index (χ0n) is 18.8. The molecule has 1 heterocycles. The Bertz CT molecular complexity index is 878. The highest BCUT2D eigenvalue weighted by atomic mass is 32.2. The average molecular weight is 473 g/mol. The molecule has 11 nitrogen and oxygen atoms in total. The van der Waals surface area contributed by atoms with E-state index in [9.17, 15) is 18.0 Å². The van der Waals surface area contributed by atoms with Crippen molar-refractivity contribution in [1.29, 1.82) is 0 Å². The molecule has 32 heavy (non-hydrogen) atoms. The fourth-order valence-corrected chi connectivity index (χ4v) is 3.65. The monoisotopic (exact) mass is 472 g/mol. The second-order valence-corrected chi connectivity index (χ2v) is 9.45. The van der Waals surface area contributed by atoms with Crippen LogP contribution < -0.4 is 10.0 Å². The molecule has 0 aromatic heterocycles. The number of nitrogens with one attached hydrogen (secondary N) is 2. The van der Waals surface area contributed by atoms with E-state index in [0.29, 0.717) is 38.4 Å². The Labute approximate surface area is 188 Å². The smallest absolute Gasteiger partial charge is 0.408 e. The van der Waals surface area contributed by atoms with E-state index in [4.69, 9.17) is 14.0 Å². The van der Waals surface area contributed by atoms with Crippen LogP contribution in [0.5, 0.6) is 0 Å². The van der Waals surface area contributed by atoms with Gasteiger partial charge >= 0.3 is 16.4 Å². The van der Waals surface area contributed by atoms with Gasteiger partial charge in [-0.15, -0.1) is 0 Å². The number of morpholine rings is 1. The Morgan fingerprint density at radius 3 is 2.31 bits per heavy atom. The van der Waals surface area contributed by atoms with Gasteiger partial charge in [0.25, 0.3) is 5.91 Å². The molecular weight excluding hydrogens is 440 g/mol. The Balaban J connectivity index is 2.21. The molecule has 0 bridgehead atoms. The molecular formula is C20H32N4O7S. The number of hydrogen-bond acceptors (Lipinski definition) is 7. The summed E-state index contributed by atoms with van der Waals surface area (Å²) in [4.78, 5) is 25.8. The van der Waals surface area contributed by atoms with Crippen molar-refractivity contribution in [2.75, 3.05) is 37.6 Å². The van der Waals surface area contributed by atoms with Gasteiger partial charge in [0, 0.05) is 26.1 Å². The van der Waals surface area contributed by atoms with Crippen LogP contribution in [0.2, 0.25) is 0 Å². The van der Waals surface area contributed by atoms with E-state index in [1.54, 1.807) is 37.9 Å². The first-order valence-electron chi connectivity index (χ1n) is 10.4. The molecule has 180 valence electrons. The Hall–Kier alpha value is -2.41. The van der Waals surface area contributed by atoms with Gasteiger partial charge in [0.2, 0.25) is 0 Å². The number of carbonyl (C=O) groups is 2. The van der Waals surface area contributed by atoms with Gasteiger partial charge in [0.15, 0.2) is 0 Å². The summed E-state index contributed by atoms with van der Waals surface area (Å²) in [5.74, 6) is -0.291. The van der Waals surface area contributed by atoms with Crippen LogP contribution in [0.15, 0.2) is 24.3 Å². The van der Waals surface area contributed by atoms with Gasteiger partial charge in [0.05, 0.1) is 18.9 Å². The number of likely N-dealkylation sites (N-methyl/N-ethyl adjacent to an activating group) is 1. The highest BCUT2D eigenvalue weighted by Gasteiger charge is 2.31. The van der Waals surface area contributed by atoms with Crippen LogP contribution in [0.1, 0.15) is 33.3 Å². The molecule has 0 saturated carbocycles. The highest BCUT2D eigenvalue weighted by Crippen LogP contribution is 2.15. The van der Waals surface area contributed by atoms with Crippen molar-refractivity contribution in [2.45, 2.75) is 45.8 Å². The number of rotatable bonds is 8. The van der Waals surface area contributed by atoms with Crippen LogP contribution in [-0.2, 0) is 31.0 Å². The van der Waals surface area contributed by atoms with Crippen LogP contribution in [0.25, 0.3) is 0 Å². The van der Waals surface area contributed by atoms with Crippen molar-refractivity contribution in [3.05, 3.63) is 29.8 Å². The summed E-state index contributed by atoms with van der Waals surface area (Å²) >= 11 is 0. The molecule has 2 amide bonds. The molecule has 12 heteroatoms. The number of hydrazine groups is 1. The number of benzene rings is 1. The first-order chi connectivity index (χ1) is 14.9. The lowest BCUT2D eigenvalue weighted by Gasteiger charge is -2.38. The number of amides is 2. The summed E-state index contributed by atoms with van der Waals surface area (Å²) in [7, 11) is -4.39. The minimum absolute atomic E-state index is 0.158. The fraction of sp³-hybridized carbons (Fsp3) is 0.600. The summed E-state index contributed by atoms with van der Waals surface area (Å²) in [6, 6.07) is 5.22. The van der Waals surface area contributed by atoms with Gasteiger partial charge in [-0.1, -0.05) is 12.1 Å².